The molecule has 7 nitrogen and oxygen atoms in total. The first-order valence-electron chi connectivity index (χ1n) is 7.03. The van der Waals surface area contributed by atoms with Gasteiger partial charge in [0.25, 0.3) is 5.91 Å². The van der Waals surface area contributed by atoms with Gasteiger partial charge in [0.15, 0.2) is 5.75 Å². The summed E-state index contributed by atoms with van der Waals surface area (Å²) in [6, 6.07) is 2.50. The van der Waals surface area contributed by atoms with Crippen molar-refractivity contribution in [3.63, 3.8) is 0 Å². The van der Waals surface area contributed by atoms with Crippen molar-refractivity contribution < 1.29 is 17.9 Å². The Morgan fingerprint density at radius 3 is 2.57 bits per heavy atom. The van der Waals surface area contributed by atoms with Crippen molar-refractivity contribution in [3.8, 4) is 5.75 Å². The van der Waals surface area contributed by atoms with E-state index >= 15 is 0 Å². The second kappa shape index (κ2) is 6.64. The van der Waals surface area contributed by atoms with Crippen LogP contribution in [0.4, 0.5) is 0 Å². The summed E-state index contributed by atoms with van der Waals surface area (Å²) in [5.74, 6) is -0.396. The highest BCUT2D eigenvalue weighted by Gasteiger charge is 2.35. The maximum atomic E-state index is 12.9. The fraction of sp³-hybridized carbons (Fsp3) is 0.500. The topological polar surface area (TPSA) is 92.9 Å². The number of carbonyl (C=O) groups excluding carboxylic acids is 1. The van der Waals surface area contributed by atoms with Gasteiger partial charge >= 0.3 is 0 Å². The van der Waals surface area contributed by atoms with Gasteiger partial charge in [-0.1, -0.05) is 11.6 Å². The fourth-order valence-electron chi connectivity index (χ4n) is 2.48. The number of carbonyl (C=O) groups is 1. The van der Waals surface area contributed by atoms with Crippen molar-refractivity contribution in [1.29, 1.82) is 0 Å². The normalized spacial score (nSPS) is 18.9. The van der Waals surface area contributed by atoms with Gasteiger partial charge in [0, 0.05) is 38.2 Å². The molecular weight excluding hydrogens is 342 g/mol. The average Bonchev–Trinajstić information content (AvgIpc) is 2.92. The number of benzene rings is 1. The van der Waals surface area contributed by atoms with E-state index in [1.54, 1.807) is 14.1 Å². The van der Waals surface area contributed by atoms with Crippen molar-refractivity contribution in [3.05, 3.63) is 22.7 Å². The molecule has 1 heterocycles. The number of amides is 1. The molecule has 1 aliphatic rings. The summed E-state index contributed by atoms with van der Waals surface area (Å²) in [5, 5.41) is 0.151. The van der Waals surface area contributed by atoms with Crippen molar-refractivity contribution in [1.82, 2.24) is 9.21 Å². The predicted octanol–water partition coefficient (Wildman–Crippen LogP) is 0.772. The third kappa shape index (κ3) is 3.45. The van der Waals surface area contributed by atoms with Crippen LogP contribution in [0.2, 0.25) is 5.02 Å². The van der Waals surface area contributed by atoms with Crippen molar-refractivity contribution >= 4 is 27.5 Å². The molecule has 1 aromatic carbocycles. The van der Waals surface area contributed by atoms with Crippen LogP contribution in [0.3, 0.4) is 0 Å². The molecule has 0 aromatic heterocycles. The van der Waals surface area contributed by atoms with E-state index in [4.69, 9.17) is 22.1 Å². The number of nitrogens with zero attached hydrogens (tertiary/aromatic N) is 2. The van der Waals surface area contributed by atoms with E-state index in [9.17, 15) is 13.2 Å². The molecule has 1 aliphatic heterocycles. The van der Waals surface area contributed by atoms with Gasteiger partial charge in [-0.2, -0.15) is 4.31 Å². The lowest BCUT2D eigenvalue weighted by Gasteiger charge is -2.21. The van der Waals surface area contributed by atoms with E-state index < -0.39 is 10.0 Å². The molecule has 0 spiro atoms. The summed E-state index contributed by atoms with van der Waals surface area (Å²) in [5.41, 5.74) is 5.90. The molecule has 0 saturated carbocycles. The standard InChI is InChI=1S/C14H20ClN3O4S/c1-17(2)14(19)11-6-9(15)7-12(13(11)22-3)23(20,21)18-5-4-10(16)8-18/h6-7,10H,4-5,8,16H2,1-3H3/t10-/m1/s1. The molecule has 0 bridgehead atoms. The summed E-state index contributed by atoms with van der Waals surface area (Å²) in [6.45, 7) is 0.561. The van der Waals surface area contributed by atoms with Crippen LogP contribution in [0, 0.1) is 0 Å². The molecule has 1 atom stereocenters. The molecule has 1 saturated heterocycles. The van der Waals surface area contributed by atoms with Gasteiger partial charge in [-0.25, -0.2) is 8.42 Å². The minimum atomic E-state index is -3.85. The van der Waals surface area contributed by atoms with Crippen LogP contribution in [-0.4, -0.2) is 63.9 Å². The molecule has 0 unspecified atom stereocenters. The molecule has 23 heavy (non-hydrogen) atoms. The number of rotatable bonds is 4. The lowest BCUT2D eigenvalue weighted by molar-refractivity contribution is 0.0823. The van der Waals surface area contributed by atoms with Gasteiger partial charge in [0.05, 0.1) is 12.7 Å². The largest absolute Gasteiger partial charge is 0.494 e. The molecule has 128 valence electrons. The quantitative estimate of drug-likeness (QED) is 0.855. The molecule has 1 fully saturated rings. The zero-order valence-corrected chi connectivity index (χ0v) is 14.8. The Bertz CT molecular complexity index is 721. The van der Waals surface area contributed by atoms with Crippen molar-refractivity contribution in [2.45, 2.75) is 17.4 Å². The second-order valence-electron chi connectivity index (χ2n) is 5.60. The molecule has 0 radical (unpaired) electrons. The predicted molar refractivity (Wildman–Crippen MR) is 87.4 cm³/mol. The number of sulfonamides is 1. The van der Waals surface area contributed by atoms with Gasteiger partial charge < -0.3 is 15.4 Å². The van der Waals surface area contributed by atoms with Crippen molar-refractivity contribution in [2.75, 3.05) is 34.3 Å². The minimum absolute atomic E-state index is 0.00595. The van der Waals surface area contributed by atoms with Gasteiger partial charge in [-0.15, -0.1) is 0 Å². The monoisotopic (exact) mass is 361 g/mol. The van der Waals surface area contributed by atoms with E-state index in [0.717, 1.165) is 0 Å². The van der Waals surface area contributed by atoms with Gasteiger partial charge in [-0.05, 0) is 18.6 Å². The summed E-state index contributed by atoms with van der Waals surface area (Å²) >= 11 is 6.04. The van der Waals surface area contributed by atoms with Crippen LogP contribution in [-0.2, 0) is 10.0 Å². The van der Waals surface area contributed by atoms with Crippen LogP contribution >= 0.6 is 11.6 Å². The number of halogens is 1. The van der Waals surface area contributed by atoms with E-state index in [1.165, 1.54) is 28.4 Å². The Morgan fingerprint density at radius 1 is 1.43 bits per heavy atom. The van der Waals surface area contributed by atoms with Crippen LogP contribution in [0.15, 0.2) is 17.0 Å². The molecule has 2 rings (SSSR count). The van der Waals surface area contributed by atoms with E-state index in [1.807, 2.05) is 0 Å². The number of methoxy groups -OCH3 is 1. The first-order chi connectivity index (χ1) is 10.7. The Balaban J connectivity index is 2.60. The lowest BCUT2D eigenvalue weighted by atomic mass is 10.2. The average molecular weight is 362 g/mol. The number of nitrogens with two attached hydrogens (primary N) is 1. The van der Waals surface area contributed by atoms with E-state index in [0.29, 0.717) is 13.0 Å². The summed E-state index contributed by atoms with van der Waals surface area (Å²) in [6.07, 6.45) is 0.589. The number of hydrogen-bond donors (Lipinski definition) is 1. The lowest BCUT2D eigenvalue weighted by Crippen LogP contribution is -2.32. The van der Waals surface area contributed by atoms with E-state index in [-0.39, 0.29) is 39.7 Å². The summed E-state index contributed by atoms with van der Waals surface area (Å²) in [4.78, 5) is 13.5. The summed E-state index contributed by atoms with van der Waals surface area (Å²) < 4.78 is 32.2. The molecular formula is C14H20ClN3O4S. The molecule has 2 N–H and O–H groups in total. The third-order valence-corrected chi connectivity index (χ3v) is 5.75. The zero-order valence-electron chi connectivity index (χ0n) is 13.2. The maximum absolute atomic E-state index is 12.9. The highest BCUT2D eigenvalue weighted by molar-refractivity contribution is 7.89. The Kier molecular flexibility index (Phi) is 5.20. The zero-order chi connectivity index (χ0) is 17.4. The fourth-order valence-corrected chi connectivity index (χ4v) is 4.48. The molecule has 0 aliphatic carbocycles. The van der Waals surface area contributed by atoms with Crippen LogP contribution in [0.5, 0.6) is 5.75 Å². The third-order valence-electron chi connectivity index (χ3n) is 3.67. The second-order valence-corrected chi connectivity index (χ2v) is 7.94. The van der Waals surface area contributed by atoms with Crippen LogP contribution in [0.1, 0.15) is 16.8 Å². The Labute approximate surface area is 141 Å². The minimum Gasteiger partial charge on any atom is -0.494 e. The van der Waals surface area contributed by atoms with E-state index in [2.05, 4.69) is 0 Å². The first kappa shape index (κ1) is 18.0. The first-order valence-corrected chi connectivity index (χ1v) is 8.85. The SMILES string of the molecule is COc1c(C(=O)N(C)C)cc(Cl)cc1S(=O)(=O)N1CC[C@@H](N)C1. The number of hydrogen-bond acceptors (Lipinski definition) is 5. The van der Waals surface area contributed by atoms with Crippen LogP contribution < -0.4 is 10.5 Å². The van der Waals surface area contributed by atoms with Gasteiger partial charge in [-0.3, -0.25) is 4.79 Å². The smallest absolute Gasteiger partial charge is 0.257 e. The number of ether oxygens (including phenoxy) is 1. The Morgan fingerprint density at radius 2 is 2.09 bits per heavy atom. The Hall–Kier alpha value is -1.35. The summed E-state index contributed by atoms with van der Waals surface area (Å²) in [7, 11) is 0.610. The van der Waals surface area contributed by atoms with Crippen LogP contribution in [0.25, 0.3) is 0 Å². The highest BCUT2D eigenvalue weighted by Crippen LogP contribution is 2.35. The maximum Gasteiger partial charge on any atom is 0.257 e. The molecule has 1 aromatic rings. The van der Waals surface area contributed by atoms with Crippen molar-refractivity contribution in [2.24, 2.45) is 5.73 Å². The van der Waals surface area contributed by atoms with Gasteiger partial charge in [0.2, 0.25) is 10.0 Å². The molecule has 9 heteroatoms. The molecule has 1 amide bonds. The highest BCUT2D eigenvalue weighted by atomic mass is 35.5. The van der Waals surface area contributed by atoms with Gasteiger partial charge in [0.1, 0.15) is 4.90 Å².